The van der Waals surface area contributed by atoms with E-state index in [0.29, 0.717) is 6.42 Å². The van der Waals surface area contributed by atoms with Crippen LogP contribution >= 0.6 is 11.3 Å². The van der Waals surface area contributed by atoms with Crippen LogP contribution in [-0.4, -0.2) is 11.7 Å². The maximum atomic E-state index is 8.61. The number of nitrogens with two attached hydrogens (primary N) is 2. The van der Waals surface area contributed by atoms with Crippen LogP contribution in [0.25, 0.3) is 0 Å². The van der Waals surface area contributed by atoms with Crippen molar-refractivity contribution in [3.8, 4) is 0 Å². The molecule has 1 heterocycles. The zero-order valence-electron chi connectivity index (χ0n) is 6.16. The molecule has 4 heteroatoms. The second kappa shape index (κ2) is 3.71. The molecule has 3 nitrogen and oxygen atoms in total. The molecule has 0 amide bonds. The smallest absolute Gasteiger partial charge is 0.0471 e. The molecule has 0 saturated carbocycles. The number of hydrogen-bond acceptors (Lipinski definition) is 4. The molecular formula is C7H12N2OS. The molecule has 0 radical (unpaired) electrons. The van der Waals surface area contributed by atoms with Crippen LogP contribution < -0.4 is 11.5 Å². The number of anilines is 1. The first-order valence-electron chi connectivity index (χ1n) is 3.43. The molecule has 1 aromatic rings. The fraction of sp³-hybridized carbons (Fsp3) is 0.429. The highest BCUT2D eigenvalue weighted by Gasteiger charge is 2.08. The number of nitrogen functional groups attached to an aromatic ring is 1. The molecular weight excluding hydrogens is 160 g/mol. The molecule has 0 bridgehead atoms. The Morgan fingerprint density at radius 2 is 2.27 bits per heavy atom. The third-order valence-electron chi connectivity index (χ3n) is 1.56. The lowest BCUT2D eigenvalue weighted by Gasteiger charge is -2.08. The Kier molecular flexibility index (Phi) is 2.87. The van der Waals surface area contributed by atoms with Gasteiger partial charge in [-0.25, -0.2) is 0 Å². The molecule has 0 fully saturated rings. The van der Waals surface area contributed by atoms with Gasteiger partial charge in [0.2, 0.25) is 0 Å². The van der Waals surface area contributed by atoms with Gasteiger partial charge in [-0.3, -0.25) is 0 Å². The maximum Gasteiger partial charge on any atom is 0.0471 e. The van der Waals surface area contributed by atoms with E-state index in [2.05, 4.69) is 0 Å². The van der Waals surface area contributed by atoms with Gasteiger partial charge in [0.15, 0.2) is 0 Å². The number of aliphatic hydroxyl groups is 1. The van der Waals surface area contributed by atoms with Crippen LogP contribution in [0.15, 0.2) is 10.8 Å². The summed E-state index contributed by atoms with van der Waals surface area (Å²) in [5.41, 5.74) is 13.0. The topological polar surface area (TPSA) is 72.3 Å². The van der Waals surface area contributed by atoms with Gasteiger partial charge in [0.25, 0.3) is 0 Å². The fourth-order valence-electron chi connectivity index (χ4n) is 0.913. The highest BCUT2D eigenvalue weighted by Crippen LogP contribution is 2.24. The van der Waals surface area contributed by atoms with Gasteiger partial charge < -0.3 is 16.6 Å². The lowest BCUT2D eigenvalue weighted by atomic mass is 10.1. The molecule has 1 atom stereocenters. The average molecular weight is 172 g/mol. The number of aliphatic hydroxyl groups excluding tert-OH is 1. The average Bonchev–Trinajstić information content (AvgIpc) is 2.36. The van der Waals surface area contributed by atoms with Crippen molar-refractivity contribution in [1.82, 2.24) is 0 Å². The fourth-order valence-corrected chi connectivity index (χ4v) is 1.72. The van der Waals surface area contributed by atoms with Gasteiger partial charge in [-0.05, 0) is 11.8 Å². The maximum absolute atomic E-state index is 8.61. The Bertz CT molecular complexity index is 224. The second-order valence-corrected chi connectivity index (χ2v) is 3.14. The van der Waals surface area contributed by atoms with Crippen molar-refractivity contribution in [2.24, 2.45) is 5.73 Å². The van der Waals surface area contributed by atoms with E-state index >= 15 is 0 Å². The molecule has 11 heavy (non-hydrogen) atoms. The minimum Gasteiger partial charge on any atom is -0.398 e. The van der Waals surface area contributed by atoms with Gasteiger partial charge in [-0.1, -0.05) is 0 Å². The lowest BCUT2D eigenvalue weighted by molar-refractivity contribution is 0.277. The second-order valence-electron chi connectivity index (χ2n) is 2.40. The van der Waals surface area contributed by atoms with E-state index in [1.54, 1.807) is 0 Å². The van der Waals surface area contributed by atoms with Crippen molar-refractivity contribution in [2.45, 2.75) is 12.5 Å². The Balaban J connectivity index is 2.67. The standard InChI is InChI=1S/C7H12N2OS/c8-6(1-2-10)5-3-11-4-7(5)9/h3-4,6,10H,1-2,8-9H2/t6-/m0/s1. The van der Waals surface area contributed by atoms with E-state index in [0.717, 1.165) is 11.3 Å². The molecule has 0 aromatic carbocycles. The van der Waals surface area contributed by atoms with Crippen LogP contribution in [0.4, 0.5) is 5.69 Å². The lowest BCUT2D eigenvalue weighted by Crippen LogP contribution is -2.12. The predicted octanol–water partition coefficient (Wildman–Crippen LogP) is 0.713. The van der Waals surface area contributed by atoms with Gasteiger partial charge in [0.1, 0.15) is 0 Å². The van der Waals surface area contributed by atoms with Crippen LogP contribution in [0, 0.1) is 0 Å². The first-order valence-corrected chi connectivity index (χ1v) is 4.38. The van der Waals surface area contributed by atoms with Crippen molar-refractivity contribution in [3.63, 3.8) is 0 Å². The minimum absolute atomic E-state index is 0.108. The Hall–Kier alpha value is -0.580. The zero-order chi connectivity index (χ0) is 8.27. The molecule has 0 aliphatic carbocycles. The summed E-state index contributed by atoms with van der Waals surface area (Å²) in [6.07, 6.45) is 0.570. The molecule has 0 aliphatic heterocycles. The Morgan fingerprint density at radius 3 is 2.73 bits per heavy atom. The molecule has 0 spiro atoms. The largest absolute Gasteiger partial charge is 0.398 e. The molecule has 0 aliphatic rings. The van der Waals surface area contributed by atoms with E-state index < -0.39 is 0 Å². The van der Waals surface area contributed by atoms with Crippen LogP contribution in [0.3, 0.4) is 0 Å². The summed E-state index contributed by atoms with van der Waals surface area (Å²) < 4.78 is 0. The van der Waals surface area contributed by atoms with Gasteiger partial charge >= 0.3 is 0 Å². The van der Waals surface area contributed by atoms with E-state index in [4.69, 9.17) is 16.6 Å². The first kappa shape index (κ1) is 8.52. The number of thiophene rings is 1. The Labute approximate surface area is 69.6 Å². The quantitative estimate of drug-likeness (QED) is 0.628. The summed E-state index contributed by atoms with van der Waals surface area (Å²) in [5.74, 6) is 0. The van der Waals surface area contributed by atoms with Crippen molar-refractivity contribution < 1.29 is 5.11 Å². The highest BCUT2D eigenvalue weighted by molar-refractivity contribution is 7.08. The molecule has 0 unspecified atom stereocenters. The molecule has 62 valence electrons. The first-order chi connectivity index (χ1) is 5.25. The summed E-state index contributed by atoms with van der Waals surface area (Å²) >= 11 is 1.53. The van der Waals surface area contributed by atoms with E-state index in [1.165, 1.54) is 11.3 Å². The van der Waals surface area contributed by atoms with Crippen molar-refractivity contribution >= 4 is 17.0 Å². The number of hydrogen-bond donors (Lipinski definition) is 3. The normalized spacial score (nSPS) is 13.3. The predicted molar refractivity (Wildman–Crippen MR) is 47.4 cm³/mol. The van der Waals surface area contributed by atoms with Crippen molar-refractivity contribution in [2.75, 3.05) is 12.3 Å². The van der Waals surface area contributed by atoms with Gasteiger partial charge in [0.05, 0.1) is 0 Å². The van der Waals surface area contributed by atoms with Crippen LogP contribution in [0.1, 0.15) is 18.0 Å². The molecule has 1 aromatic heterocycles. The molecule has 1 rings (SSSR count). The minimum atomic E-state index is -0.119. The number of rotatable bonds is 3. The van der Waals surface area contributed by atoms with Crippen LogP contribution in [-0.2, 0) is 0 Å². The van der Waals surface area contributed by atoms with E-state index in [1.807, 2.05) is 10.8 Å². The summed E-state index contributed by atoms with van der Waals surface area (Å²) in [4.78, 5) is 0. The summed E-state index contributed by atoms with van der Waals surface area (Å²) in [6.45, 7) is 0.108. The van der Waals surface area contributed by atoms with Gasteiger partial charge in [0, 0.05) is 29.3 Å². The Morgan fingerprint density at radius 1 is 1.55 bits per heavy atom. The monoisotopic (exact) mass is 172 g/mol. The zero-order valence-corrected chi connectivity index (χ0v) is 6.97. The van der Waals surface area contributed by atoms with Crippen LogP contribution in [0.2, 0.25) is 0 Å². The van der Waals surface area contributed by atoms with E-state index in [9.17, 15) is 0 Å². The van der Waals surface area contributed by atoms with E-state index in [-0.39, 0.29) is 12.6 Å². The third-order valence-corrected chi connectivity index (χ3v) is 2.34. The summed E-state index contributed by atoms with van der Waals surface area (Å²) in [5, 5.41) is 12.4. The molecule has 5 N–H and O–H groups in total. The summed E-state index contributed by atoms with van der Waals surface area (Å²) in [7, 11) is 0. The van der Waals surface area contributed by atoms with Gasteiger partial charge in [-0.15, -0.1) is 11.3 Å². The SMILES string of the molecule is Nc1cscc1[C@@H](N)CCO. The highest BCUT2D eigenvalue weighted by atomic mass is 32.1. The summed E-state index contributed by atoms with van der Waals surface area (Å²) in [6, 6.07) is -0.119. The van der Waals surface area contributed by atoms with Crippen LogP contribution in [0.5, 0.6) is 0 Å². The van der Waals surface area contributed by atoms with Gasteiger partial charge in [-0.2, -0.15) is 0 Å². The van der Waals surface area contributed by atoms with Crippen molar-refractivity contribution in [3.05, 3.63) is 16.3 Å². The third kappa shape index (κ3) is 1.92. The van der Waals surface area contributed by atoms with Crippen molar-refractivity contribution in [1.29, 1.82) is 0 Å². The molecule has 0 saturated heterocycles.